The number of hydrazine groups is 1. The molecule has 2 aliphatic rings. The van der Waals surface area contributed by atoms with Crippen LogP contribution in [0.5, 0.6) is 0 Å². The van der Waals surface area contributed by atoms with Gasteiger partial charge >= 0.3 is 0 Å². The van der Waals surface area contributed by atoms with Crippen molar-refractivity contribution < 1.29 is 10.2 Å². The highest BCUT2D eigenvalue weighted by Gasteiger charge is 2.35. The highest BCUT2D eigenvalue weighted by molar-refractivity contribution is 5.77. The van der Waals surface area contributed by atoms with Crippen LogP contribution in [0.25, 0.3) is 0 Å². The van der Waals surface area contributed by atoms with Crippen molar-refractivity contribution in [2.75, 3.05) is 22.7 Å². The minimum absolute atomic E-state index is 0.0149. The number of benzene rings is 1. The molecule has 0 amide bonds. The summed E-state index contributed by atoms with van der Waals surface area (Å²) >= 11 is 0. The van der Waals surface area contributed by atoms with Crippen molar-refractivity contribution in [3.8, 4) is 0 Å². The van der Waals surface area contributed by atoms with Gasteiger partial charge in [0.1, 0.15) is 12.0 Å². The van der Waals surface area contributed by atoms with Crippen molar-refractivity contribution in [2.24, 2.45) is 11.8 Å². The number of fused-ring (bicyclic) bond motifs is 1. The van der Waals surface area contributed by atoms with Crippen molar-refractivity contribution in [3.05, 3.63) is 41.7 Å². The number of aromatic nitrogens is 2. The summed E-state index contributed by atoms with van der Waals surface area (Å²) in [5.74, 6) is 6.84. The number of nitrogens with two attached hydrogens (primary N) is 1. The van der Waals surface area contributed by atoms with E-state index >= 15 is 0 Å². The lowest BCUT2D eigenvalue weighted by Gasteiger charge is -2.23. The first-order chi connectivity index (χ1) is 13.2. The second-order valence-corrected chi connectivity index (χ2v) is 7.29. The molecule has 1 heterocycles. The molecule has 0 radical (unpaired) electrons. The summed E-state index contributed by atoms with van der Waals surface area (Å²) in [6, 6.07) is 8.40. The Hall–Kier alpha value is -2.42. The molecule has 1 aromatic carbocycles. The van der Waals surface area contributed by atoms with E-state index in [9.17, 15) is 10.2 Å². The smallest absolute Gasteiger partial charge is 0.156 e. The SMILES string of the molecule is NNc1c(NC2CCC(CO)C2O)ncnc1N[C@H]1CCc2ccccc21. The number of aliphatic hydroxyl groups excluding tert-OH is 2. The lowest BCUT2D eigenvalue weighted by molar-refractivity contribution is 0.0846. The molecule has 3 unspecified atom stereocenters. The lowest BCUT2D eigenvalue weighted by atomic mass is 10.1. The molecule has 27 heavy (non-hydrogen) atoms. The number of hydrogen-bond donors (Lipinski definition) is 6. The van der Waals surface area contributed by atoms with Crippen molar-refractivity contribution in [3.63, 3.8) is 0 Å². The molecule has 8 nitrogen and oxygen atoms in total. The van der Waals surface area contributed by atoms with Gasteiger partial charge in [-0.2, -0.15) is 0 Å². The molecule has 0 aliphatic heterocycles. The molecule has 1 saturated carbocycles. The Bertz CT molecular complexity index is 802. The normalized spacial score (nSPS) is 26.6. The summed E-state index contributed by atoms with van der Waals surface area (Å²) < 4.78 is 0. The molecular weight excluding hydrogens is 344 g/mol. The highest BCUT2D eigenvalue weighted by atomic mass is 16.3. The summed E-state index contributed by atoms with van der Waals surface area (Å²) in [4.78, 5) is 8.66. The zero-order chi connectivity index (χ0) is 18.8. The van der Waals surface area contributed by atoms with Gasteiger partial charge in [-0.1, -0.05) is 24.3 Å². The third kappa shape index (κ3) is 3.43. The molecule has 0 spiro atoms. The Kier molecular flexibility index (Phi) is 5.11. The predicted octanol–water partition coefficient (Wildman–Crippen LogP) is 1.41. The van der Waals surface area contributed by atoms with E-state index in [0.29, 0.717) is 17.3 Å². The summed E-state index contributed by atoms with van der Waals surface area (Å²) in [5.41, 5.74) is 5.90. The van der Waals surface area contributed by atoms with Gasteiger partial charge in [-0.15, -0.1) is 0 Å². The van der Waals surface area contributed by atoms with Crippen LogP contribution in [0.15, 0.2) is 30.6 Å². The van der Waals surface area contributed by atoms with E-state index in [2.05, 4.69) is 44.2 Å². The topological polar surface area (TPSA) is 128 Å². The Morgan fingerprint density at radius 2 is 1.85 bits per heavy atom. The highest BCUT2D eigenvalue weighted by Crippen LogP contribution is 2.37. The quantitative estimate of drug-likeness (QED) is 0.333. The molecule has 144 valence electrons. The third-order valence-electron chi connectivity index (χ3n) is 5.74. The second kappa shape index (κ2) is 7.67. The first-order valence-electron chi connectivity index (χ1n) is 9.42. The standard InChI is InChI=1S/C19H26N6O2/c20-25-16-18(23-14-7-5-11-3-1-2-4-13(11)14)21-10-22-19(16)24-15-8-6-12(9-26)17(15)27/h1-4,10,12,14-15,17,25-27H,5-9,20H2,(H2,21,22,23,24)/t12?,14-,15?,17?/m0/s1. The monoisotopic (exact) mass is 370 g/mol. The average molecular weight is 370 g/mol. The van der Waals surface area contributed by atoms with Gasteiger partial charge in [0.05, 0.1) is 18.2 Å². The van der Waals surface area contributed by atoms with Crippen molar-refractivity contribution in [1.29, 1.82) is 0 Å². The van der Waals surface area contributed by atoms with Gasteiger partial charge in [-0.05, 0) is 36.8 Å². The Balaban J connectivity index is 1.54. The second-order valence-electron chi connectivity index (χ2n) is 7.29. The third-order valence-corrected chi connectivity index (χ3v) is 5.74. The van der Waals surface area contributed by atoms with Crippen molar-refractivity contribution in [1.82, 2.24) is 9.97 Å². The molecule has 7 N–H and O–H groups in total. The summed E-state index contributed by atoms with van der Waals surface area (Å²) in [7, 11) is 0. The number of nitrogens with one attached hydrogen (secondary N) is 3. The minimum Gasteiger partial charge on any atom is -0.396 e. The molecule has 0 bridgehead atoms. The van der Waals surface area contributed by atoms with Crippen molar-refractivity contribution >= 4 is 17.3 Å². The van der Waals surface area contributed by atoms with Crippen LogP contribution >= 0.6 is 0 Å². The summed E-state index contributed by atoms with van der Waals surface area (Å²) in [5, 5.41) is 26.4. The van der Waals surface area contributed by atoms with E-state index < -0.39 is 6.10 Å². The van der Waals surface area contributed by atoms with Gasteiger partial charge in [-0.25, -0.2) is 9.97 Å². The van der Waals surface area contributed by atoms with Crippen LogP contribution in [-0.4, -0.2) is 38.9 Å². The largest absolute Gasteiger partial charge is 0.396 e. The average Bonchev–Trinajstić information content (AvgIpc) is 3.26. The van der Waals surface area contributed by atoms with Crippen LogP contribution in [-0.2, 0) is 6.42 Å². The number of hydrogen-bond acceptors (Lipinski definition) is 8. The maximum absolute atomic E-state index is 10.3. The zero-order valence-corrected chi connectivity index (χ0v) is 15.1. The Labute approximate surface area is 158 Å². The summed E-state index contributed by atoms with van der Waals surface area (Å²) in [6.07, 6.45) is 4.43. The molecule has 4 atom stereocenters. The van der Waals surface area contributed by atoms with Crippen molar-refractivity contribution in [2.45, 2.75) is 43.9 Å². The zero-order valence-electron chi connectivity index (χ0n) is 15.1. The number of nitrogens with zero attached hydrogens (tertiary/aromatic N) is 2. The van der Waals surface area contributed by atoms with E-state index in [0.717, 1.165) is 25.7 Å². The lowest BCUT2D eigenvalue weighted by Crippen LogP contribution is -2.34. The summed E-state index contributed by atoms with van der Waals surface area (Å²) in [6.45, 7) is -0.0149. The van der Waals surface area contributed by atoms with Gasteiger partial charge in [-0.3, -0.25) is 5.84 Å². The van der Waals surface area contributed by atoms with Crippen LogP contribution in [0.1, 0.15) is 36.4 Å². The fourth-order valence-corrected chi connectivity index (χ4v) is 4.21. The fourth-order valence-electron chi connectivity index (χ4n) is 4.21. The number of rotatable bonds is 6. The van der Waals surface area contributed by atoms with Crippen LogP contribution in [0, 0.1) is 5.92 Å². The Morgan fingerprint density at radius 1 is 1.07 bits per heavy atom. The molecule has 8 heteroatoms. The number of aliphatic hydroxyl groups is 2. The molecule has 1 aromatic heterocycles. The maximum Gasteiger partial charge on any atom is 0.156 e. The molecule has 2 aromatic rings. The molecule has 0 saturated heterocycles. The maximum atomic E-state index is 10.3. The molecule has 4 rings (SSSR count). The van der Waals surface area contributed by atoms with Gasteiger partial charge in [0, 0.05) is 12.5 Å². The first-order valence-corrected chi connectivity index (χ1v) is 9.42. The number of nitrogen functional groups attached to an aromatic ring is 1. The van der Waals surface area contributed by atoms with E-state index in [1.54, 1.807) is 0 Å². The van der Waals surface area contributed by atoms with Crippen LogP contribution in [0.2, 0.25) is 0 Å². The van der Waals surface area contributed by atoms with Gasteiger partial charge < -0.3 is 26.3 Å². The van der Waals surface area contributed by atoms with Crippen LogP contribution in [0.4, 0.5) is 17.3 Å². The molecule has 2 aliphatic carbocycles. The first kappa shape index (κ1) is 18.0. The molecular formula is C19H26N6O2. The van der Waals surface area contributed by atoms with E-state index in [4.69, 9.17) is 5.84 Å². The van der Waals surface area contributed by atoms with Crippen LogP contribution in [0.3, 0.4) is 0 Å². The number of anilines is 3. The minimum atomic E-state index is -0.617. The molecule has 1 fully saturated rings. The van der Waals surface area contributed by atoms with Crippen LogP contribution < -0.4 is 21.9 Å². The van der Waals surface area contributed by atoms with E-state index in [1.165, 1.54) is 17.5 Å². The predicted molar refractivity (Wildman–Crippen MR) is 104 cm³/mol. The van der Waals surface area contributed by atoms with Gasteiger partial charge in [0.2, 0.25) is 0 Å². The van der Waals surface area contributed by atoms with E-state index in [-0.39, 0.29) is 24.6 Å². The van der Waals surface area contributed by atoms with Gasteiger partial charge in [0.25, 0.3) is 0 Å². The number of aryl methyl sites for hydroxylation is 1. The van der Waals surface area contributed by atoms with Gasteiger partial charge in [0.15, 0.2) is 11.6 Å². The van der Waals surface area contributed by atoms with E-state index in [1.807, 2.05) is 6.07 Å². The fraction of sp³-hybridized carbons (Fsp3) is 0.474. The Morgan fingerprint density at radius 3 is 2.59 bits per heavy atom.